The van der Waals surface area contributed by atoms with Gasteiger partial charge in [-0.25, -0.2) is 4.39 Å². The average molecular weight is 599 g/mol. The van der Waals surface area contributed by atoms with Crippen LogP contribution in [-0.4, -0.2) is 58.4 Å². The minimum absolute atomic E-state index is 0.00379. The first kappa shape index (κ1) is 29.0. The van der Waals surface area contributed by atoms with Crippen LogP contribution in [0, 0.1) is 30.0 Å². The molecule has 0 unspecified atom stereocenters. The standard InChI is InChI=1S/C32H31FN6O5/c1-17(2)10-27(30(42)38-16-32(14-21(38)15-34)22-6-4-5-7-23(22)36-31(32)43)39-26-13-20(33)9-8-19(26)12-25(29(39)41)35-28(40)24-11-18(3)44-37-24/h4-9,11,13,17,21,25,27H,10,12,14,16H2,1-3H3,(H,35,40)(H,36,43)/t21-,25-,27-,32-/m0/s1. The highest BCUT2D eigenvalue weighted by Gasteiger charge is 2.57. The third-order valence-electron chi connectivity index (χ3n) is 8.64. The highest BCUT2D eigenvalue weighted by Crippen LogP contribution is 2.47. The van der Waals surface area contributed by atoms with Crippen LogP contribution in [-0.2, 0) is 26.2 Å². The lowest BCUT2D eigenvalue weighted by Crippen LogP contribution is -2.60. The molecule has 1 fully saturated rings. The number of benzene rings is 2. The summed E-state index contributed by atoms with van der Waals surface area (Å²) in [4.78, 5) is 57.7. The van der Waals surface area contributed by atoms with Crippen molar-refractivity contribution in [2.24, 2.45) is 5.92 Å². The summed E-state index contributed by atoms with van der Waals surface area (Å²) in [5, 5.41) is 19.5. The molecule has 0 saturated carbocycles. The lowest BCUT2D eigenvalue weighted by molar-refractivity contribution is -0.135. The van der Waals surface area contributed by atoms with Crippen molar-refractivity contribution < 1.29 is 28.1 Å². The van der Waals surface area contributed by atoms with Gasteiger partial charge in [0.1, 0.15) is 29.7 Å². The van der Waals surface area contributed by atoms with E-state index in [4.69, 9.17) is 4.52 Å². The molecule has 4 amide bonds. The van der Waals surface area contributed by atoms with Gasteiger partial charge in [-0.05, 0) is 48.6 Å². The molecule has 1 aromatic heterocycles. The maximum Gasteiger partial charge on any atom is 0.274 e. The lowest BCUT2D eigenvalue weighted by Gasteiger charge is -2.41. The Morgan fingerprint density at radius 3 is 2.70 bits per heavy atom. The van der Waals surface area contributed by atoms with Crippen molar-refractivity contribution in [1.29, 1.82) is 5.26 Å². The van der Waals surface area contributed by atoms with Crippen molar-refractivity contribution in [1.82, 2.24) is 15.4 Å². The number of nitrogens with one attached hydrogen (secondary N) is 2. The van der Waals surface area contributed by atoms with E-state index in [1.54, 1.807) is 25.1 Å². The van der Waals surface area contributed by atoms with Gasteiger partial charge < -0.3 is 20.1 Å². The monoisotopic (exact) mass is 598 g/mol. The van der Waals surface area contributed by atoms with Crippen LogP contribution in [0.5, 0.6) is 0 Å². The van der Waals surface area contributed by atoms with Gasteiger partial charge in [0.05, 0.1) is 17.2 Å². The number of para-hydroxylation sites is 1. The second kappa shape index (κ2) is 10.9. The summed E-state index contributed by atoms with van der Waals surface area (Å²) in [6.45, 7) is 5.36. The number of rotatable bonds is 6. The van der Waals surface area contributed by atoms with E-state index in [0.29, 0.717) is 22.6 Å². The molecule has 12 heteroatoms. The smallest absolute Gasteiger partial charge is 0.274 e. The number of fused-ring (bicyclic) bond motifs is 3. The number of hydrogen-bond acceptors (Lipinski definition) is 7. The first-order valence-electron chi connectivity index (χ1n) is 14.5. The van der Waals surface area contributed by atoms with E-state index < -0.39 is 47.1 Å². The van der Waals surface area contributed by atoms with Crippen molar-refractivity contribution in [3.63, 3.8) is 0 Å². The quantitative estimate of drug-likeness (QED) is 0.443. The predicted octanol–water partition coefficient (Wildman–Crippen LogP) is 3.24. The van der Waals surface area contributed by atoms with Crippen molar-refractivity contribution in [2.75, 3.05) is 16.8 Å². The van der Waals surface area contributed by atoms with Crippen molar-refractivity contribution in [3.8, 4) is 6.07 Å². The normalized spacial score (nSPS) is 22.9. The molecule has 1 saturated heterocycles. The molecule has 2 aromatic carbocycles. The molecule has 3 aliphatic heterocycles. The average Bonchev–Trinajstić information content (AvgIpc) is 3.68. The van der Waals surface area contributed by atoms with E-state index in [2.05, 4.69) is 21.9 Å². The number of likely N-dealkylation sites (tertiary alicyclic amines) is 1. The molecule has 6 rings (SSSR count). The van der Waals surface area contributed by atoms with Gasteiger partial charge in [0.25, 0.3) is 11.8 Å². The topological polar surface area (TPSA) is 149 Å². The molecular weight excluding hydrogens is 567 g/mol. The summed E-state index contributed by atoms with van der Waals surface area (Å²) in [6, 6.07) is 11.7. The molecule has 3 aliphatic rings. The molecule has 0 aliphatic carbocycles. The summed E-state index contributed by atoms with van der Waals surface area (Å²) >= 11 is 0. The minimum atomic E-state index is -1.14. The summed E-state index contributed by atoms with van der Waals surface area (Å²) in [7, 11) is 0. The fourth-order valence-corrected chi connectivity index (χ4v) is 6.61. The van der Waals surface area contributed by atoms with Gasteiger partial charge in [-0.3, -0.25) is 24.1 Å². The Morgan fingerprint density at radius 2 is 2.00 bits per heavy atom. The summed E-state index contributed by atoms with van der Waals surface area (Å²) in [5.74, 6) is -2.30. The van der Waals surface area contributed by atoms with Gasteiger partial charge >= 0.3 is 0 Å². The zero-order valence-electron chi connectivity index (χ0n) is 24.5. The van der Waals surface area contributed by atoms with E-state index in [-0.39, 0.29) is 49.0 Å². The van der Waals surface area contributed by atoms with Crippen LogP contribution >= 0.6 is 0 Å². The summed E-state index contributed by atoms with van der Waals surface area (Å²) < 4.78 is 19.6. The molecule has 11 nitrogen and oxygen atoms in total. The van der Waals surface area contributed by atoms with Crippen LogP contribution in [0.1, 0.15) is 54.1 Å². The number of hydrogen-bond donors (Lipinski definition) is 2. The zero-order valence-corrected chi connectivity index (χ0v) is 24.5. The van der Waals surface area contributed by atoms with Crippen molar-refractivity contribution in [3.05, 3.63) is 76.9 Å². The molecule has 44 heavy (non-hydrogen) atoms. The molecule has 4 atom stereocenters. The number of nitriles is 1. The van der Waals surface area contributed by atoms with Gasteiger partial charge in [0, 0.05) is 31.1 Å². The van der Waals surface area contributed by atoms with Crippen LogP contribution in [0.2, 0.25) is 0 Å². The highest BCUT2D eigenvalue weighted by molar-refractivity contribution is 6.09. The summed E-state index contributed by atoms with van der Waals surface area (Å²) in [5.41, 5.74) is 1.02. The lowest BCUT2D eigenvalue weighted by atomic mass is 9.80. The molecule has 4 heterocycles. The molecular formula is C32H31FN6O5. The van der Waals surface area contributed by atoms with Crippen molar-refractivity contribution in [2.45, 2.75) is 63.6 Å². The molecule has 2 N–H and O–H groups in total. The van der Waals surface area contributed by atoms with Gasteiger partial charge in [-0.1, -0.05) is 43.3 Å². The third kappa shape index (κ3) is 4.78. The number of halogens is 1. The second-order valence-electron chi connectivity index (χ2n) is 12.1. The predicted molar refractivity (Wildman–Crippen MR) is 156 cm³/mol. The van der Waals surface area contributed by atoms with Crippen LogP contribution in [0.15, 0.2) is 53.1 Å². The Morgan fingerprint density at radius 1 is 1.23 bits per heavy atom. The fourth-order valence-electron chi connectivity index (χ4n) is 6.61. The van der Waals surface area contributed by atoms with E-state index in [0.717, 1.165) is 0 Å². The number of aromatic nitrogens is 1. The third-order valence-corrected chi connectivity index (χ3v) is 8.64. The van der Waals surface area contributed by atoms with Gasteiger partial charge in [0.15, 0.2) is 5.69 Å². The summed E-state index contributed by atoms with van der Waals surface area (Å²) in [6.07, 6.45) is 0.357. The minimum Gasteiger partial charge on any atom is -0.361 e. The molecule has 0 bridgehead atoms. The Bertz CT molecular complexity index is 1730. The van der Waals surface area contributed by atoms with E-state index >= 15 is 0 Å². The zero-order chi connectivity index (χ0) is 31.3. The Kier molecular flexibility index (Phi) is 7.19. The highest BCUT2D eigenvalue weighted by atomic mass is 19.1. The SMILES string of the molecule is Cc1cc(C(=O)N[C@H]2Cc3ccc(F)cc3N([C@@H](CC(C)C)C(=O)N3C[C@]4(C[C@H]3C#N)C(=O)Nc3ccccc34)C2=O)no1. The first-order chi connectivity index (χ1) is 21.0. The largest absolute Gasteiger partial charge is 0.361 e. The van der Waals surface area contributed by atoms with Crippen LogP contribution in [0.4, 0.5) is 15.8 Å². The number of anilines is 2. The molecule has 1 spiro atoms. The number of carbonyl (C=O) groups is 4. The van der Waals surface area contributed by atoms with E-state index in [9.17, 15) is 28.8 Å². The van der Waals surface area contributed by atoms with Gasteiger partial charge in [-0.15, -0.1) is 0 Å². The number of carbonyl (C=O) groups excluding carboxylic acids is 4. The maximum absolute atomic E-state index is 14.6. The molecule has 3 aromatic rings. The van der Waals surface area contributed by atoms with Crippen molar-refractivity contribution >= 4 is 35.0 Å². The molecule has 226 valence electrons. The maximum atomic E-state index is 14.6. The van der Waals surface area contributed by atoms with Gasteiger partial charge in [-0.2, -0.15) is 5.26 Å². The Hall–Kier alpha value is -5.05. The second-order valence-corrected chi connectivity index (χ2v) is 12.1. The fraction of sp³-hybridized carbons (Fsp3) is 0.375. The Labute approximate surface area is 253 Å². The molecule has 0 radical (unpaired) electrons. The van der Waals surface area contributed by atoms with Crippen LogP contribution < -0.4 is 15.5 Å². The number of amides is 4. The van der Waals surface area contributed by atoms with Crippen LogP contribution in [0.25, 0.3) is 0 Å². The number of nitrogens with zero attached hydrogens (tertiary/aromatic N) is 4. The number of aryl methyl sites for hydroxylation is 1. The van der Waals surface area contributed by atoms with E-state index in [1.807, 2.05) is 19.9 Å². The van der Waals surface area contributed by atoms with Crippen LogP contribution in [0.3, 0.4) is 0 Å². The van der Waals surface area contributed by atoms with Gasteiger partial charge in [0.2, 0.25) is 11.8 Å². The Balaban J connectivity index is 1.38. The first-order valence-corrected chi connectivity index (χ1v) is 14.5. The van der Waals surface area contributed by atoms with E-state index in [1.165, 1.54) is 34.1 Å².